The monoisotopic (exact) mass is 516 g/mol. The van der Waals surface area contributed by atoms with Gasteiger partial charge in [0.25, 0.3) is 11.8 Å². The molecular formula is C29H29FN4O2S. The number of aryl methyl sites for hydroxylation is 2. The molecular weight excluding hydrogens is 487 g/mol. The Morgan fingerprint density at radius 1 is 0.973 bits per heavy atom. The number of aromatic nitrogens is 1. The van der Waals surface area contributed by atoms with Crippen LogP contribution in [0.25, 0.3) is 0 Å². The molecule has 4 aromatic rings. The number of nitrogens with one attached hydrogen (secondary N) is 1. The van der Waals surface area contributed by atoms with Gasteiger partial charge in [0.1, 0.15) is 5.82 Å². The van der Waals surface area contributed by atoms with E-state index in [2.05, 4.69) is 41.0 Å². The zero-order chi connectivity index (χ0) is 26.3. The van der Waals surface area contributed by atoms with Gasteiger partial charge in [0, 0.05) is 39.6 Å². The average Bonchev–Trinajstić information content (AvgIpc) is 3.42. The third kappa shape index (κ3) is 4.95. The lowest BCUT2D eigenvalue weighted by atomic mass is 10.0. The molecule has 2 amide bonds. The maximum atomic E-state index is 13.8. The molecule has 5 rings (SSSR count). The molecule has 1 aliphatic rings. The minimum Gasteiger partial charge on any atom is -0.340 e. The second-order valence-electron chi connectivity index (χ2n) is 9.70. The molecule has 2 aromatic carbocycles. The van der Waals surface area contributed by atoms with Crippen molar-refractivity contribution in [2.24, 2.45) is 0 Å². The van der Waals surface area contributed by atoms with Crippen LogP contribution in [0.1, 0.15) is 48.1 Å². The van der Waals surface area contributed by atoms with Crippen molar-refractivity contribution >= 4 is 34.5 Å². The molecule has 8 heteroatoms. The third-order valence-electron chi connectivity index (χ3n) is 6.68. The van der Waals surface area contributed by atoms with Crippen LogP contribution in [-0.2, 0) is 19.6 Å². The van der Waals surface area contributed by atoms with Gasteiger partial charge in [-0.2, -0.15) is 0 Å². The fraction of sp³-hybridized carbons (Fsp3) is 0.241. The van der Waals surface area contributed by atoms with E-state index in [4.69, 9.17) is 0 Å². The molecule has 0 aliphatic carbocycles. The van der Waals surface area contributed by atoms with Crippen LogP contribution in [0.15, 0.2) is 60.0 Å². The van der Waals surface area contributed by atoms with Crippen molar-refractivity contribution in [1.29, 1.82) is 0 Å². The number of carbonyl (C=O) groups excluding carboxylic acids is 2. The van der Waals surface area contributed by atoms with Crippen molar-refractivity contribution in [3.63, 3.8) is 0 Å². The molecule has 0 saturated heterocycles. The van der Waals surface area contributed by atoms with Crippen LogP contribution >= 0.6 is 11.3 Å². The van der Waals surface area contributed by atoms with Gasteiger partial charge in [-0.25, -0.2) is 4.39 Å². The summed E-state index contributed by atoms with van der Waals surface area (Å²) in [6.07, 6.45) is 0. The third-order valence-corrected chi connectivity index (χ3v) is 7.57. The number of hydrogen-bond donors (Lipinski definition) is 1. The first-order valence-electron chi connectivity index (χ1n) is 12.1. The predicted molar refractivity (Wildman–Crippen MR) is 146 cm³/mol. The van der Waals surface area contributed by atoms with E-state index in [1.54, 1.807) is 42.5 Å². The Hall–Kier alpha value is -3.75. The molecule has 0 fully saturated rings. The van der Waals surface area contributed by atoms with Crippen LogP contribution in [0.2, 0.25) is 0 Å². The fourth-order valence-corrected chi connectivity index (χ4v) is 5.65. The molecule has 0 bridgehead atoms. The Labute approximate surface area is 219 Å². The van der Waals surface area contributed by atoms with E-state index in [1.165, 1.54) is 17.8 Å². The SMILES string of the molecule is Cc1ccc(F)cc1C(=O)Nc1ccc(C(=O)N2Cc3ccc(CN(C)C)n3Cc3sccc32)c(C)c1. The lowest BCUT2D eigenvalue weighted by Crippen LogP contribution is -2.31. The van der Waals surface area contributed by atoms with E-state index in [1.807, 2.05) is 23.3 Å². The number of thiophene rings is 1. The maximum Gasteiger partial charge on any atom is 0.258 e. The standard InChI is InChI=1S/C29H29FN4O2S/c1-18-5-6-20(30)14-25(18)28(35)31-21-7-10-24(19(2)13-21)29(36)34-16-23-9-8-22(15-32(3)4)33(23)17-27-26(34)11-12-37-27/h5-14H,15-17H2,1-4H3,(H,31,35). The Bertz CT molecular complexity index is 1500. The van der Waals surface area contributed by atoms with E-state index in [9.17, 15) is 14.0 Å². The summed E-state index contributed by atoms with van der Waals surface area (Å²) < 4.78 is 16.0. The minimum absolute atomic E-state index is 0.0835. The number of benzene rings is 2. The van der Waals surface area contributed by atoms with Crippen LogP contribution in [0.4, 0.5) is 15.8 Å². The van der Waals surface area contributed by atoms with Gasteiger partial charge in [0.05, 0.1) is 18.8 Å². The van der Waals surface area contributed by atoms with Crippen molar-refractivity contribution < 1.29 is 14.0 Å². The van der Waals surface area contributed by atoms with E-state index >= 15 is 0 Å². The Kier molecular flexibility index (Phi) is 6.70. The van der Waals surface area contributed by atoms with E-state index in [0.29, 0.717) is 23.4 Å². The van der Waals surface area contributed by atoms with Crippen LogP contribution in [-0.4, -0.2) is 35.4 Å². The summed E-state index contributed by atoms with van der Waals surface area (Å²) in [5, 5.41) is 4.86. The smallest absolute Gasteiger partial charge is 0.258 e. The number of rotatable bonds is 5. The summed E-state index contributed by atoms with van der Waals surface area (Å²) >= 11 is 1.66. The zero-order valence-corrected chi connectivity index (χ0v) is 22.2. The first-order chi connectivity index (χ1) is 17.7. The average molecular weight is 517 g/mol. The molecule has 2 aromatic heterocycles. The van der Waals surface area contributed by atoms with Crippen LogP contribution < -0.4 is 10.2 Å². The Morgan fingerprint density at radius 3 is 2.54 bits per heavy atom. The van der Waals surface area contributed by atoms with Gasteiger partial charge in [-0.1, -0.05) is 6.07 Å². The minimum atomic E-state index is -0.460. The number of nitrogens with zero attached hydrogens (tertiary/aromatic N) is 3. The van der Waals surface area contributed by atoms with E-state index in [0.717, 1.165) is 34.9 Å². The lowest BCUT2D eigenvalue weighted by molar-refractivity contribution is 0.0983. The molecule has 1 N–H and O–H groups in total. The molecule has 0 spiro atoms. The second-order valence-corrected chi connectivity index (χ2v) is 10.7. The molecule has 0 saturated carbocycles. The largest absolute Gasteiger partial charge is 0.340 e. The van der Waals surface area contributed by atoms with Gasteiger partial charge in [0.2, 0.25) is 0 Å². The number of hydrogen-bond acceptors (Lipinski definition) is 4. The Morgan fingerprint density at radius 2 is 1.78 bits per heavy atom. The molecule has 6 nitrogen and oxygen atoms in total. The summed E-state index contributed by atoms with van der Waals surface area (Å²) in [7, 11) is 4.11. The number of fused-ring (bicyclic) bond motifs is 2. The fourth-order valence-electron chi connectivity index (χ4n) is 4.79. The summed E-state index contributed by atoms with van der Waals surface area (Å²) in [6, 6.07) is 15.7. The van der Waals surface area contributed by atoms with Crippen molar-refractivity contribution in [2.75, 3.05) is 24.3 Å². The van der Waals surface area contributed by atoms with Crippen molar-refractivity contribution in [2.45, 2.75) is 33.5 Å². The summed E-state index contributed by atoms with van der Waals surface area (Å²) in [4.78, 5) is 31.7. The van der Waals surface area contributed by atoms with E-state index in [-0.39, 0.29) is 17.4 Å². The number of amides is 2. The Balaban J connectivity index is 1.41. The van der Waals surface area contributed by atoms with Crippen molar-refractivity contribution in [3.8, 4) is 0 Å². The number of anilines is 2. The number of halogens is 1. The van der Waals surface area contributed by atoms with Crippen molar-refractivity contribution in [3.05, 3.63) is 104 Å². The maximum absolute atomic E-state index is 13.8. The predicted octanol–water partition coefficient (Wildman–Crippen LogP) is 5.83. The summed E-state index contributed by atoms with van der Waals surface area (Å²) in [5.41, 5.74) is 6.11. The number of carbonyl (C=O) groups is 2. The van der Waals surface area contributed by atoms with Gasteiger partial charge in [-0.05, 0) is 93.0 Å². The molecule has 37 heavy (non-hydrogen) atoms. The molecule has 0 radical (unpaired) electrons. The molecule has 1 aliphatic heterocycles. The van der Waals surface area contributed by atoms with Gasteiger partial charge < -0.3 is 19.7 Å². The molecule has 0 unspecified atom stereocenters. The van der Waals surface area contributed by atoms with Crippen molar-refractivity contribution in [1.82, 2.24) is 9.47 Å². The zero-order valence-electron chi connectivity index (χ0n) is 21.3. The van der Waals surface area contributed by atoms with E-state index < -0.39 is 5.82 Å². The van der Waals surface area contributed by atoms with Gasteiger partial charge in [0.15, 0.2) is 0 Å². The normalized spacial score (nSPS) is 12.8. The highest BCUT2D eigenvalue weighted by Gasteiger charge is 2.28. The van der Waals surface area contributed by atoms with Crippen LogP contribution in [0.3, 0.4) is 0 Å². The quantitative estimate of drug-likeness (QED) is 0.363. The van der Waals surface area contributed by atoms with Crippen LogP contribution in [0, 0.1) is 19.7 Å². The summed E-state index contributed by atoms with van der Waals surface area (Å²) in [6.45, 7) is 5.68. The van der Waals surface area contributed by atoms with Gasteiger partial charge in [-0.15, -0.1) is 11.3 Å². The molecule has 190 valence electrons. The first kappa shape index (κ1) is 24.9. The summed E-state index contributed by atoms with van der Waals surface area (Å²) in [5.74, 6) is -0.932. The highest BCUT2D eigenvalue weighted by molar-refractivity contribution is 7.10. The first-order valence-corrected chi connectivity index (χ1v) is 13.0. The highest BCUT2D eigenvalue weighted by atomic mass is 32.1. The highest BCUT2D eigenvalue weighted by Crippen LogP contribution is 2.34. The van der Waals surface area contributed by atoms with Gasteiger partial charge in [-0.3, -0.25) is 9.59 Å². The molecule has 0 atom stereocenters. The topological polar surface area (TPSA) is 57.6 Å². The lowest BCUT2D eigenvalue weighted by Gasteiger charge is -2.22. The van der Waals surface area contributed by atoms with Gasteiger partial charge >= 0.3 is 0 Å². The second kappa shape index (κ2) is 9.95. The molecule has 3 heterocycles. The van der Waals surface area contributed by atoms with Crippen LogP contribution in [0.5, 0.6) is 0 Å².